The van der Waals surface area contributed by atoms with Gasteiger partial charge in [0.2, 0.25) is 5.91 Å². The highest BCUT2D eigenvalue weighted by Crippen LogP contribution is 2.02. The lowest BCUT2D eigenvalue weighted by atomic mass is 10.2. The minimum Gasteiger partial charge on any atom is -0.378 e. The third-order valence-corrected chi connectivity index (χ3v) is 4.35. The molecule has 1 aliphatic heterocycles. The zero-order valence-corrected chi connectivity index (χ0v) is 12.2. The van der Waals surface area contributed by atoms with Crippen molar-refractivity contribution in [2.75, 3.05) is 32.1 Å². The van der Waals surface area contributed by atoms with Gasteiger partial charge in [0, 0.05) is 35.4 Å². The fourth-order valence-corrected chi connectivity index (χ4v) is 3.02. The predicted octanol–water partition coefficient (Wildman–Crippen LogP) is 0.0399. The number of amides is 1. The first-order valence-electron chi connectivity index (χ1n) is 6.73. The van der Waals surface area contributed by atoms with Crippen LogP contribution < -0.4 is 10.6 Å². The smallest absolute Gasteiger partial charge is 0.239 e. The van der Waals surface area contributed by atoms with E-state index >= 15 is 0 Å². The quantitative estimate of drug-likeness (QED) is 0.778. The molecule has 1 aromatic rings. The summed E-state index contributed by atoms with van der Waals surface area (Å²) in [5, 5.41) is 5.88. The maximum Gasteiger partial charge on any atom is 0.239 e. The SMILES string of the molecule is O=C(NCCS(=O)Cc1ccccc1)C1COCCN1. The topological polar surface area (TPSA) is 67.4 Å². The molecular weight excluding hydrogens is 276 g/mol. The summed E-state index contributed by atoms with van der Waals surface area (Å²) in [5.74, 6) is 0.914. The largest absolute Gasteiger partial charge is 0.378 e. The molecular formula is C14H20N2O3S. The molecule has 2 unspecified atom stereocenters. The van der Waals surface area contributed by atoms with Crippen molar-refractivity contribution < 1.29 is 13.7 Å². The highest BCUT2D eigenvalue weighted by Gasteiger charge is 2.20. The molecule has 0 aliphatic carbocycles. The lowest BCUT2D eigenvalue weighted by molar-refractivity contribution is -0.125. The first-order chi connectivity index (χ1) is 9.75. The fraction of sp³-hybridized carbons (Fsp3) is 0.500. The summed E-state index contributed by atoms with van der Waals surface area (Å²) in [4.78, 5) is 11.8. The van der Waals surface area contributed by atoms with Gasteiger partial charge < -0.3 is 15.4 Å². The second-order valence-corrected chi connectivity index (χ2v) is 6.22. The molecule has 1 amide bonds. The second-order valence-electron chi connectivity index (χ2n) is 4.65. The van der Waals surface area contributed by atoms with Crippen LogP contribution in [0, 0.1) is 0 Å². The number of morpholine rings is 1. The number of hydrogen-bond donors (Lipinski definition) is 2. The molecule has 5 nitrogen and oxygen atoms in total. The Hall–Kier alpha value is -1.24. The van der Waals surface area contributed by atoms with E-state index < -0.39 is 10.8 Å². The Morgan fingerprint density at radius 1 is 1.40 bits per heavy atom. The molecule has 0 saturated carbocycles. The summed E-state index contributed by atoms with van der Waals surface area (Å²) in [6, 6.07) is 9.43. The zero-order valence-electron chi connectivity index (χ0n) is 11.3. The molecule has 0 spiro atoms. The van der Waals surface area contributed by atoms with E-state index in [9.17, 15) is 9.00 Å². The van der Waals surface area contributed by atoms with Gasteiger partial charge in [0.1, 0.15) is 6.04 Å². The standard InChI is InChI=1S/C14H20N2O3S/c17-14(13-10-19-8-6-15-13)16-7-9-20(18)11-12-4-2-1-3-5-12/h1-5,13,15H,6-11H2,(H,16,17). The predicted molar refractivity (Wildman–Crippen MR) is 78.8 cm³/mol. The Balaban J connectivity index is 1.65. The van der Waals surface area contributed by atoms with Crippen molar-refractivity contribution in [2.45, 2.75) is 11.8 Å². The van der Waals surface area contributed by atoms with Gasteiger partial charge in [-0.25, -0.2) is 0 Å². The maximum atomic E-state index is 11.9. The third kappa shape index (κ3) is 5.03. The van der Waals surface area contributed by atoms with Gasteiger partial charge in [-0.3, -0.25) is 9.00 Å². The highest BCUT2D eigenvalue weighted by molar-refractivity contribution is 7.84. The van der Waals surface area contributed by atoms with Crippen molar-refractivity contribution in [1.82, 2.24) is 10.6 Å². The Kier molecular flexibility index (Phi) is 6.17. The molecule has 1 saturated heterocycles. The zero-order chi connectivity index (χ0) is 14.2. The van der Waals surface area contributed by atoms with E-state index in [0.717, 1.165) is 5.56 Å². The minimum atomic E-state index is -0.959. The number of benzene rings is 1. The third-order valence-electron chi connectivity index (χ3n) is 3.04. The van der Waals surface area contributed by atoms with Crippen LogP contribution in [0.25, 0.3) is 0 Å². The van der Waals surface area contributed by atoms with E-state index in [0.29, 0.717) is 37.8 Å². The van der Waals surface area contributed by atoms with Gasteiger partial charge in [-0.05, 0) is 5.56 Å². The van der Waals surface area contributed by atoms with E-state index in [-0.39, 0.29) is 11.9 Å². The minimum absolute atomic E-state index is 0.0820. The van der Waals surface area contributed by atoms with Crippen molar-refractivity contribution >= 4 is 16.7 Å². The lowest BCUT2D eigenvalue weighted by Crippen LogP contribution is -2.51. The van der Waals surface area contributed by atoms with Crippen LogP contribution in [0.4, 0.5) is 0 Å². The van der Waals surface area contributed by atoms with Gasteiger partial charge >= 0.3 is 0 Å². The van der Waals surface area contributed by atoms with Gasteiger partial charge in [-0.15, -0.1) is 0 Å². The van der Waals surface area contributed by atoms with E-state index in [2.05, 4.69) is 10.6 Å². The lowest BCUT2D eigenvalue weighted by Gasteiger charge is -2.22. The first-order valence-corrected chi connectivity index (χ1v) is 8.22. The van der Waals surface area contributed by atoms with E-state index in [1.165, 1.54) is 0 Å². The molecule has 0 bridgehead atoms. The van der Waals surface area contributed by atoms with Crippen molar-refractivity contribution in [3.05, 3.63) is 35.9 Å². The molecule has 0 aromatic heterocycles. The van der Waals surface area contributed by atoms with Crippen molar-refractivity contribution in [1.29, 1.82) is 0 Å². The van der Waals surface area contributed by atoms with Crippen molar-refractivity contribution in [3.8, 4) is 0 Å². The summed E-state index contributed by atoms with van der Waals surface area (Å²) in [7, 11) is -0.959. The van der Waals surface area contributed by atoms with Gasteiger partial charge in [-0.2, -0.15) is 0 Å². The number of nitrogens with one attached hydrogen (secondary N) is 2. The number of rotatable bonds is 6. The van der Waals surface area contributed by atoms with Crippen LogP contribution in [-0.4, -0.2) is 48.2 Å². The van der Waals surface area contributed by atoms with Crippen LogP contribution in [0.3, 0.4) is 0 Å². The molecule has 0 radical (unpaired) electrons. The number of carbonyl (C=O) groups is 1. The van der Waals surface area contributed by atoms with Gasteiger partial charge in [-0.1, -0.05) is 30.3 Å². The number of ether oxygens (including phenoxy) is 1. The van der Waals surface area contributed by atoms with Crippen LogP contribution in [0.5, 0.6) is 0 Å². The fourth-order valence-electron chi connectivity index (χ4n) is 1.98. The number of hydrogen-bond acceptors (Lipinski definition) is 4. The van der Waals surface area contributed by atoms with Crippen LogP contribution in [0.2, 0.25) is 0 Å². The molecule has 6 heteroatoms. The van der Waals surface area contributed by atoms with Crippen LogP contribution in [0.1, 0.15) is 5.56 Å². The summed E-state index contributed by atoms with van der Waals surface area (Å²) >= 11 is 0. The van der Waals surface area contributed by atoms with Crippen molar-refractivity contribution in [2.24, 2.45) is 0 Å². The summed E-state index contributed by atoms with van der Waals surface area (Å²) in [6.07, 6.45) is 0. The second kappa shape index (κ2) is 8.14. The van der Waals surface area contributed by atoms with Crippen LogP contribution in [-0.2, 0) is 26.1 Å². The van der Waals surface area contributed by atoms with Gasteiger partial charge in [0.15, 0.2) is 0 Å². The van der Waals surface area contributed by atoms with Crippen LogP contribution >= 0.6 is 0 Å². The molecule has 20 heavy (non-hydrogen) atoms. The average Bonchev–Trinajstić information content (AvgIpc) is 2.49. The van der Waals surface area contributed by atoms with Gasteiger partial charge in [0.05, 0.1) is 13.2 Å². The molecule has 1 heterocycles. The maximum absolute atomic E-state index is 11.9. The van der Waals surface area contributed by atoms with E-state index in [1.807, 2.05) is 30.3 Å². The number of carbonyl (C=O) groups excluding carboxylic acids is 1. The molecule has 110 valence electrons. The van der Waals surface area contributed by atoms with Crippen LogP contribution in [0.15, 0.2) is 30.3 Å². The Labute approximate surface area is 121 Å². The molecule has 2 rings (SSSR count). The van der Waals surface area contributed by atoms with Crippen molar-refractivity contribution in [3.63, 3.8) is 0 Å². The summed E-state index contributed by atoms with van der Waals surface area (Å²) in [5.41, 5.74) is 1.06. The van der Waals surface area contributed by atoms with E-state index in [4.69, 9.17) is 4.74 Å². The Bertz CT molecular complexity index is 447. The molecule has 1 aromatic carbocycles. The monoisotopic (exact) mass is 296 g/mol. The normalized spacial score (nSPS) is 20.3. The average molecular weight is 296 g/mol. The highest BCUT2D eigenvalue weighted by atomic mass is 32.2. The molecule has 2 atom stereocenters. The molecule has 1 fully saturated rings. The van der Waals surface area contributed by atoms with E-state index in [1.54, 1.807) is 0 Å². The summed E-state index contributed by atoms with van der Waals surface area (Å²) in [6.45, 7) is 2.16. The summed E-state index contributed by atoms with van der Waals surface area (Å²) < 4.78 is 17.1. The van der Waals surface area contributed by atoms with Gasteiger partial charge in [0.25, 0.3) is 0 Å². The molecule has 1 aliphatic rings. The first kappa shape index (κ1) is 15.2. The Morgan fingerprint density at radius 3 is 2.90 bits per heavy atom. The molecule has 2 N–H and O–H groups in total. The Morgan fingerprint density at radius 2 is 2.20 bits per heavy atom.